The van der Waals surface area contributed by atoms with Gasteiger partial charge in [0.25, 0.3) is 8.32 Å². The monoisotopic (exact) mass is 700 g/mol. The van der Waals surface area contributed by atoms with Crippen LogP contribution in [0, 0.1) is 0 Å². The van der Waals surface area contributed by atoms with Crippen molar-refractivity contribution in [3.63, 3.8) is 0 Å². The maximum absolute atomic E-state index is 14.4. The Hall–Kier alpha value is -4.61. The van der Waals surface area contributed by atoms with Crippen LogP contribution in [0.4, 0.5) is 0 Å². The lowest BCUT2D eigenvalue weighted by molar-refractivity contribution is -0.138. The Labute approximate surface area is 298 Å². The van der Waals surface area contributed by atoms with Gasteiger partial charge in [-0.25, -0.2) is 9.59 Å². The van der Waals surface area contributed by atoms with Crippen LogP contribution >= 0.6 is 7.92 Å². The van der Waals surface area contributed by atoms with E-state index in [9.17, 15) is 9.59 Å². The summed E-state index contributed by atoms with van der Waals surface area (Å²) in [5, 5.41) is 5.06. The molecule has 0 unspecified atom stereocenters. The smallest absolute Gasteiger partial charge is 0.339 e. The number of rotatable bonds is 13. The standard InChI is InChI=1S/C43H45O5PSi/c1-6-46-41(44)33(2)31-34(32-47-50(43(3,4)5,37-25-15-9-16-26-37)38-27-17-10-18-28-38)48-42(45)39-29-19-20-30-40(39)49(35-21-11-7-12-22-35)36-23-13-8-14-24-36/h7-31,34H,6,32H2,1-5H3/b33-31+/t34-/m0/s1. The molecule has 0 amide bonds. The molecule has 5 nitrogen and oxygen atoms in total. The van der Waals surface area contributed by atoms with Gasteiger partial charge in [-0.3, -0.25) is 0 Å². The summed E-state index contributed by atoms with van der Waals surface area (Å²) in [6, 6.07) is 48.8. The molecule has 0 heterocycles. The Bertz CT molecular complexity index is 1790. The Morgan fingerprint density at radius 3 is 1.64 bits per heavy atom. The van der Waals surface area contributed by atoms with E-state index in [4.69, 9.17) is 13.9 Å². The van der Waals surface area contributed by atoms with Crippen molar-refractivity contribution in [3.05, 3.63) is 163 Å². The lowest BCUT2D eigenvalue weighted by atomic mass is 10.2. The molecule has 0 aliphatic heterocycles. The molecular formula is C43H45O5PSi. The zero-order valence-corrected chi connectivity index (χ0v) is 31.3. The molecule has 0 aromatic heterocycles. The molecule has 0 radical (unpaired) electrons. The molecule has 5 rings (SSSR count). The largest absolute Gasteiger partial charge is 0.463 e. The number of carbonyl (C=O) groups excluding carboxylic acids is 2. The SMILES string of the molecule is CCOC(=O)/C(C)=C/[C@@H](CO[Si](c1ccccc1)(c1ccccc1)C(C)(C)C)OC(=O)c1ccccc1P(c1ccccc1)c1ccccc1. The van der Waals surface area contributed by atoms with Crippen molar-refractivity contribution in [2.24, 2.45) is 0 Å². The van der Waals surface area contributed by atoms with Crippen molar-refractivity contribution in [1.29, 1.82) is 0 Å². The Balaban J connectivity index is 1.56. The number of ether oxygens (including phenoxy) is 2. The fraction of sp³-hybridized carbons (Fsp3) is 0.209. The highest BCUT2D eigenvalue weighted by Crippen LogP contribution is 2.37. The third kappa shape index (κ3) is 8.39. The van der Waals surface area contributed by atoms with Gasteiger partial charge in [-0.1, -0.05) is 160 Å². The molecule has 0 bridgehead atoms. The first-order valence-corrected chi connectivity index (χ1v) is 20.2. The van der Waals surface area contributed by atoms with Gasteiger partial charge < -0.3 is 13.9 Å². The van der Waals surface area contributed by atoms with Gasteiger partial charge in [-0.05, 0) is 65.2 Å². The molecule has 50 heavy (non-hydrogen) atoms. The number of carbonyl (C=O) groups is 2. The summed E-state index contributed by atoms with van der Waals surface area (Å²) >= 11 is 0. The molecule has 0 aliphatic carbocycles. The molecule has 7 heteroatoms. The Morgan fingerprint density at radius 2 is 1.16 bits per heavy atom. The number of benzene rings is 5. The van der Waals surface area contributed by atoms with Crippen LogP contribution < -0.4 is 26.3 Å². The predicted octanol–water partition coefficient (Wildman–Crippen LogP) is 7.06. The third-order valence-corrected chi connectivity index (χ3v) is 16.1. The van der Waals surface area contributed by atoms with Crippen LogP contribution in [0.1, 0.15) is 45.0 Å². The summed E-state index contributed by atoms with van der Waals surface area (Å²) in [4.78, 5) is 27.2. The van der Waals surface area contributed by atoms with Gasteiger partial charge in [0.15, 0.2) is 0 Å². The Kier molecular flexibility index (Phi) is 12.4. The van der Waals surface area contributed by atoms with Gasteiger partial charge >= 0.3 is 11.9 Å². The molecule has 5 aromatic carbocycles. The van der Waals surface area contributed by atoms with Crippen LogP contribution in [0.2, 0.25) is 5.04 Å². The van der Waals surface area contributed by atoms with Crippen LogP contribution in [0.25, 0.3) is 0 Å². The average Bonchev–Trinajstić information content (AvgIpc) is 3.13. The van der Waals surface area contributed by atoms with E-state index in [1.54, 1.807) is 19.9 Å². The predicted molar refractivity (Wildman–Crippen MR) is 208 cm³/mol. The van der Waals surface area contributed by atoms with Crippen molar-refractivity contribution >= 4 is 54.5 Å². The summed E-state index contributed by atoms with van der Waals surface area (Å²) in [5.41, 5.74) is 0.823. The van der Waals surface area contributed by atoms with E-state index in [0.29, 0.717) is 11.1 Å². The first-order chi connectivity index (χ1) is 24.2. The zero-order valence-electron chi connectivity index (χ0n) is 29.4. The van der Waals surface area contributed by atoms with Crippen LogP contribution in [0.3, 0.4) is 0 Å². The lowest BCUT2D eigenvalue weighted by Gasteiger charge is -2.43. The van der Waals surface area contributed by atoms with Crippen molar-refractivity contribution in [1.82, 2.24) is 0 Å². The molecule has 0 spiro atoms. The minimum atomic E-state index is -2.99. The number of hydrogen-bond acceptors (Lipinski definition) is 5. The summed E-state index contributed by atoms with van der Waals surface area (Å²) < 4.78 is 18.9. The second-order valence-corrected chi connectivity index (χ2v) is 19.5. The first kappa shape index (κ1) is 36.7. The molecule has 0 aliphatic rings. The second-order valence-electron chi connectivity index (χ2n) is 13.0. The molecule has 0 saturated heterocycles. The highest BCUT2D eigenvalue weighted by molar-refractivity contribution is 7.80. The van der Waals surface area contributed by atoms with Crippen LogP contribution in [0.5, 0.6) is 0 Å². The maximum atomic E-state index is 14.4. The molecule has 0 saturated carbocycles. The van der Waals surface area contributed by atoms with Crippen molar-refractivity contribution in [3.8, 4) is 0 Å². The zero-order chi connectivity index (χ0) is 35.6. The fourth-order valence-electron chi connectivity index (χ4n) is 6.30. The maximum Gasteiger partial charge on any atom is 0.339 e. The molecule has 0 fully saturated rings. The minimum absolute atomic E-state index is 0.0457. The van der Waals surface area contributed by atoms with Crippen molar-refractivity contribution in [2.45, 2.75) is 45.8 Å². The third-order valence-electron chi connectivity index (χ3n) is 8.57. The van der Waals surface area contributed by atoms with Gasteiger partial charge in [-0.2, -0.15) is 0 Å². The van der Waals surface area contributed by atoms with Crippen LogP contribution in [0.15, 0.2) is 157 Å². The minimum Gasteiger partial charge on any atom is -0.463 e. The first-order valence-electron chi connectivity index (χ1n) is 17.0. The van der Waals surface area contributed by atoms with Crippen molar-refractivity contribution < 1.29 is 23.5 Å². The molecule has 1 atom stereocenters. The molecule has 256 valence electrons. The quantitative estimate of drug-likeness (QED) is 0.0570. The summed E-state index contributed by atoms with van der Waals surface area (Å²) in [5.74, 6) is -0.944. The van der Waals surface area contributed by atoms with E-state index in [2.05, 4.69) is 69.3 Å². The topological polar surface area (TPSA) is 61.8 Å². The molecular weight excluding hydrogens is 656 g/mol. The number of esters is 2. The van der Waals surface area contributed by atoms with Crippen LogP contribution in [-0.4, -0.2) is 39.6 Å². The van der Waals surface area contributed by atoms with Gasteiger partial charge in [0.1, 0.15) is 6.10 Å². The normalized spacial score (nSPS) is 12.7. The van der Waals surface area contributed by atoms with Gasteiger partial charge in [0.2, 0.25) is 0 Å². The highest BCUT2D eigenvalue weighted by atomic mass is 31.1. The van der Waals surface area contributed by atoms with E-state index in [0.717, 1.165) is 26.3 Å². The van der Waals surface area contributed by atoms with Gasteiger partial charge in [0.05, 0.1) is 18.8 Å². The van der Waals surface area contributed by atoms with E-state index < -0.39 is 34.3 Å². The average molecular weight is 701 g/mol. The van der Waals surface area contributed by atoms with Gasteiger partial charge in [0, 0.05) is 5.57 Å². The van der Waals surface area contributed by atoms with E-state index in [1.165, 1.54) is 0 Å². The lowest BCUT2D eigenvalue weighted by Crippen LogP contribution is -2.67. The summed E-state index contributed by atoms with van der Waals surface area (Å²) in [7, 11) is -4.06. The fourth-order valence-corrected chi connectivity index (χ4v) is 13.3. The number of hydrogen-bond donors (Lipinski definition) is 0. The molecule has 0 N–H and O–H groups in total. The van der Waals surface area contributed by atoms with Crippen LogP contribution in [-0.2, 0) is 18.7 Å². The highest BCUT2D eigenvalue weighted by Gasteiger charge is 2.50. The van der Waals surface area contributed by atoms with Gasteiger partial charge in [-0.15, -0.1) is 0 Å². The summed E-state index contributed by atoms with van der Waals surface area (Å²) in [6.45, 7) is 10.3. The summed E-state index contributed by atoms with van der Waals surface area (Å²) in [6.07, 6.45) is 0.786. The van der Waals surface area contributed by atoms with Crippen molar-refractivity contribution in [2.75, 3.05) is 13.2 Å². The van der Waals surface area contributed by atoms with E-state index >= 15 is 0 Å². The second kappa shape index (κ2) is 16.9. The molecule has 5 aromatic rings. The van der Waals surface area contributed by atoms with E-state index in [1.807, 2.05) is 97.1 Å². The van der Waals surface area contributed by atoms with E-state index in [-0.39, 0.29) is 18.3 Å². The Morgan fingerprint density at radius 1 is 0.700 bits per heavy atom.